The number of ether oxygens (including phenoxy) is 1. The van der Waals surface area contributed by atoms with Crippen molar-refractivity contribution in [2.45, 2.75) is 45.3 Å². The number of benzene rings is 1. The van der Waals surface area contributed by atoms with Crippen molar-refractivity contribution in [3.05, 3.63) is 28.3 Å². The molecule has 0 radical (unpaired) electrons. The number of imide groups is 1. The van der Waals surface area contributed by atoms with Gasteiger partial charge in [-0.2, -0.15) is 5.01 Å². The minimum absolute atomic E-state index is 0.00617. The summed E-state index contributed by atoms with van der Waals surface area (Å²) in [7, 11) is 0. The lowest BCUT2D eigenvalue weighted by molar-refractivity contribution is 0.0239. The van der Waals surface area contributed by atoms with Crippen LogP contribution in [0, 0.1) is 11.6 Å². The van der Waals surface area contributed by atoms with Crippen LogP contribution in [0.2, 0.25) is 5.02 Å². The van der Waals surface area contributed by atoms with E-state index in [1.54, 1.807) is 20.8 Å². The van der Waals surface area contributed by atoms with Crippen molar-refractivity contribution in [1.82, 2.24) is 5.01 Å². The van der Waals surface area contributed by atoms with Crippen molar-refractivity contribution in [2.75, 3.05) is 5.32 Å². The van der Waals surface area contributed by atoms with Gasteiger partial charge in [0.05, 0.1) is 11.3 Å². The van der Waals surface area contributed by atoms with Crippen LogP contribution in [0.4, 0.5) is 19.3 Å². The van der Waals surface area contributed by atoms with Gasteiger partial charge in [0, 0.05) is 6.04 Å². The van der Waals surface area contributed by atoms with Crippen molar-refractivity contribution in [1.29, 1.82) is 0 Å². The Morgan fingerprint density at radius 3 is 2.46 bits per heavy atom. The van der Waals surface area contributed by atoms with Gasteiger partial charge < -0.3 is 10.1 Å². The average Bonchev–Trinajstić information content (AvgIpc) is 3.28. The Morgan fingerprint density at radius 2 is 1.96 bits per heavy atom. The van der Waals surface area contributed by atoms with E-state index in [2.05, 4.69) is 5.32 Å². The molecule has 6 nitrogen and oxygen atoms in total. The number of carbonyl (C=O) groups is 2. The molecule has 1 aromatic carbocycles. The van der Waals surface area contributed by atoms with Crippen LogP contribution >= 0.6 is 11.6 Å². The molecule has 9 heteroatoms. The SMILES string of the molecule is CC(C)(C)OC(=O)N(N)C(=O)c1cc(F)c(F)c(Cl)c1NC1CC1. The normalized spacial score (nSPS) is 14.3. The number of carbonyl (C=O) groups excluding carboxylic acids is 2. The zero-order valence-electron chi connectivity index (χ0n) is 13.5. The number of hydrogen-bond donors (Lipinski definition) is 2. The van der Waals surface area contributed by atoms with Gasteiger partial charge in [0.25, 0.3) is 5.91 Å². The van der Waals surface area contributed by atoms with Crippen molar-refractivity contribution >= 4 is 29.3 Å². The number of anilines is 1. The van der Waals surface area contributed by atoms with Crippen molar-refractivity contribution in [2.24, 2.45) is 5.84 Å². The summed E-state index contributed by atoms with van der Waals surface area (Å²) in [5.41, 5.74) is -1.32. The number of hydrogen-bond acceptors (Lipinski definition) is 5. The molecule has 3 N–H and O–H groups in total. The zero-order valence-corrected chi connectivity index (χ0v) is 14.2. The van der Waals surface area contributed by atoms with Gasteiger partial charge in [0.1, 0.15) is 10.6 Å². The Kier molecular flexibility index (Phi) is 5.00. The van der Waals surface area contributed by atoms with Gasteiger partial charge in [-0.3, -0.25) is 4.79 Å². The smallest absolute Gasteiger partial charge is 0.432 e. The van der Waals surface area contributed by atoms with E-state index in [4.69, 9.17) is 22.2 Å². The van der Waals surface area contributed by atoms with E-state index >= 15 is 0 Å². The third kappa shape index (κ3) is 4.12. The van der Waals surface area contributed by atoms with Gasteiger partial charge in [0.2, 0.25) is 0 Å². The quantitative estimate of drug-likeness (QED) is 0.373. The largest absolute Gasteiger partial charge is 0.442 e. The summed E-state index contributed by atoms with van der Waals surface area (Å²) in [6, 6.07) is 0.657. The third-order valence-electron chi connectivity index (χ3n) is 3.13. The second-order valence-electron chi connectivity index (χ2n) is 6.48. The number of amides is 2. The van der Waals surface area contributed by atoms with Crippen LogP contribution in [0.25, 0.3) is 0 Å². The number of nitrogens with one attached hydrogen (secondary N) is 1. The lowest BCUT2D eigenvalue weighted by Crippen LogP contribution is -2.45. The molecule has 0 saturated heterocycles. The minimum atomic E-state index is -1.32. The first-order chi connectivity index (χ1) is 11.0. The van der Waals surface area contributed by atoms with Crippen LogP contribution in [-0.4, -0.2) is 28.7 Å². The molecule has 0 atom stereocenters. The fourth-order valence-corrected chi connectivity index (χ4v) is 2.11. The molecule has 0 aromatic heterocycles. The minimum Gasteiger partial charge on any atom is -0.442 e. The molecular weight excluding hydrogens is 344 g/mol. The topological polar surface area (TPSA) is 84.7 Å². The summed E-state index contributed by atoms with van der Waals surface area (Å²) < 4.78 is 32.3. The maximum Gasteiger partial charge on any atom is 0.432 e. The Hall–Kier alpha value is -1.93. The maximum atomic E-state index is 13.7. The first-order valence-electron chi connectivity index (χ1n) is 7.27. The predicted octanol–water partition coefficient (Wildman–Crippen LogP) is 3.44. The van der Waals surface area contributed by atoms with Gasteiger partial charge in [-0.25, -0.2) is 19.4 Å². The highest BCUT2D eigenvalue weighted by atomic mass is 35.5. The highest BCUT2D eigenvalue weighted by molar-refractivity contribution is 6.34. The fourth-order valence-electron chi connectivity index (χ4n) is 1.86. The molecule has 0 aliphatic heterocycles. The standard InChI is InChI=1S/C15H18ClF2N3O3/c1-15(2,3)24-14(23)21(19)13(22)8-6-9(17)11(18)10(16)12(8)20-7-4-5-7/h6-7,20H,4-5,19H2,1-3H3. The van der Waals surface area contributed by atoms with E-state index in [9.17, 15) is 18.4 Å². The van der Waals surface area contributed by atoms with Gasteiger partial charge in [-0.1, -0.05) is 11.6 Å². The summed E-state index contributed by atoms with van der Waals surface area (Å²) in [6.45, 7) is 4.78. The Bertz CT molecular complexity index is 688. The molecule has 1 aliphatic carbocycles. The van der Waals surface area contributed by atoms with Gasteiger partial charge >= 0.3 is 6.09 Å². The highest BCUT2D eigenvalue weighted by Crippen LogP contribution is 2.35. The van der Waals surface area contributed by atoms with Gasteiger partial charge in [-0.15, -0.1) is 0 Å². The predicted molar refractivity (Wildman–Crippen MR) is 84.6 cm³/mol. The van der Waals surface area contributed by atoms with Crippen LogP contribution in [0.5, 0.6) is 0 Å². The molecule has 1 saturated carbocycles. The van der Waals surface area contributed by atoms with Gasteiger partial charge in [0.15, 0.2) is 11.6 Å². The van der Waals surface area contributed by atoms with E-state index in [0.717, 1.165) is 12.8 Å². The second-order valence-corrected chi connectivity index (χ2v) is 6.86. The van der Waals surface area contributed by atoms with Crippen molar-refractivity contribution in [3.8, 4) is 0 Å². The second kappa shape index (κ2) is 6.52. The van der Waals surface area contributed by atoms with Crippen LogP contribution < -0.4 is 11.2 Å². The van der Waals surface area contributed by atoms with E-state index < -0.39 is 34.3 Å². The Labute approximate surface area is 142 Å². The number of nitrogens with two attached hydrogens (primary N) is 1. The Morgan fingerprint density at radius 1 is 1.38 bits per heavy atom. The molecule has 0 bridgehead atoms. The Balaban J connectivity index is 2.35. The molecule has 0 spiro atoms. The molecule has 132 valence electrons. The van der Waals surface area contributed by atoms with E-state index in [0.29, 0.717) is 6.07 Å². The third-order valence-corrected chi connectivity index (χ3v) is 3.48. The molecule has 24 heavy (non-hydrogen) atoms. The van der Waals surface area contributed by atoms with Gasteiger partial charge in [-0.05, 0) is 39.7 Å². The lowest BCUT2D eigenvalue weighted by Gasteiger charge is -2.24. The number of hydrazine groups is 1. The summed E-state index contributed by atoms with van der Waals surface area (Å²) in [5.74, 6) is 1.82. The molecule has 0 heterocycles. The lowest BCUT2D eigenvalue weighted by atomic mass is 10.1. The number of nitrogens with zero attached hydrogens (tertiary/aromatic N) is 1. The average molecular weight is 362 g/mol. The summed E-state index contributed by atoms with van der Waals surface area (Å²) in [5, 5.41) is 2.48. The van der Waals surface area contributed by atoms with E-state index in [1.807, 2.05) is 0 Å². The van der Waals surface area contributed by atoms with Crippen molar-refractivity contribution in [3.63, 3.8) is 0 Å². The fraction of sp³-hybridized carbons (Fsp3) is 0.467. The molecule has 2 rings (SSSR count). The molecule has 1 fully saturated rings. The van der Waals surface area contributed by atoms with Crippen molar-refractivity contribution < 1.29 is 23.1 Å². The van der Waals surface area contributed by atoms with E-state index in [1.165, 1.54) is 0 Å². The highest BCUT2D eigenvalue weighted by Gasteiger charge is 2.32. The monoisotopic (exact) mass is 361 g/mol. The molecule has 1 aliphatic rings. The molecular formula is C15H18ClF2N3O3. The number of halogens is 3. The summed E-state index contributed by atoms with van der Waals surface area (Å²) >= 11 is 5.81. The van der Waals surface area contributed by atoms with E-state index in [-0.39, 0.29) is 22.3 Å². The zero-order chi connectivity index (χ0) is 18.2. The number of rotatable bonds is 3. The first-order valence-corrected chi connectivity index (χ1v) is 7.65. The molecule has 1 aromatic rings. The van der Waals surface area contributed by atoms with Crippen LogP contribution in [0.15, 0.2) is 6.07 Å². The van der Waals surface area contributed by atoms with Crippen LogP contribution in [0.1, 0.15) is 44.0 Å². The maximum absolute atomic E-state index is 13.7. The van der Waals surface area contributed by atoms with Crippen LogP contribution in [-0.2, 0) is 4.74 Å². The first kappa shape index (κ1) is 18.4. The molecule has 2 amide bonds. The summed E-state index contributed by atoms with van der Waals surface area (Å²) in [4.78, 5) is 24.3. The molecule has 0 unspecified atom stereocenters. The summed E-state index contributed by atoms with van der Waals surface area (Å²) in [6.07, 6.45) is 0.494. The van der Waals surface area contributed by atoms with Crippen LogP contribution in [0.3, 0.4) is 0 Å².